The molecular formula is C17H13F3N4O2S2. The number of para-hydroxylation sites is 1. The smallest absolute Gasteiger partial charge is 0.331 e. The number of nitro benzene ring substituents is 1. The SMILES string of the molecule is O=[N+]([O-])c1cc(C(F)(F)F)ccc1N1CCSC1=NC(=S)Nc1ccccc1. The van der Waals surface area contributed by atoms with Gasteiger partial charge >= 0.3 is 6.18 Å². The third-order valence-corrected chi connectivity index (χ3v) is 4.94. The van der Waals surface area contributed by atoms with Crippen LogP contribution in [0.15, 0.2) is 53.5 Å². The van der Waals surface area contributed by atoms with Crippen molar-refractivity contribution in [2.24, 2.45) is 4.99 Å². The van der Waals surface area contributed by atoms with Crippen molar-refractivity contribution in [1.29, 1.82) is 0 Å². The van der Waals surface area contributed by atoms with Crippen molar-refractivity contribution < 1.29 is 18.1 Å². The molecule has 0 aromatic heterocycles. The molecule has 0 spiro atoms. The van der Waals surface area contributed by atoms with E-state index in [0.717, 1.165) is 17.8 Å². The van der Waals surface area contributed by atoms with Gasteiger partial charge in [0, 0.05) is 24.1 Å². The summed E-state index contributed by atoms with van der Waals surface area (Å²) in [4.78, 5) is 16.3. The van der Waals surface area contributed by atoms with Gasteiger partial charge in [-0.1, -0.05) is 30.0 Å². The molecule has 0 bridgehead atoms. The molecule has 0 aliphatic carbocycles. The fourth-order valence-corrected chi connectivity index (χ4v) is 3.77. The summed E-state index contributed by atoms with van der Waals surface area (Å²) in [6.07, 6.45) is -4.67. The Hall–Kier alpha value is -2.66. The highest BCUT2D eigenvalue weighted by atomic mass is 32.2. The molecule has 1 saturated heterocycles. The van der Waals surface area contributed by atoms with Crippen molar-refractivity contribution in [3.8, 4) is 0 Å². The molecule has 6 nitrogen and oxygen atoms in total. The van der Waals surface area contributed by atoms with Crippen molar-refractivity contribution in [2.45, 2.75) is 6.18 Å². The minimum atomic E-state index is -4.67. The summed E-state index contributed by atoms with van der Waals surface area (Å²) in [5.41, 5.74) is -0.933. The van der Waals surface area contributed by atoms with E-state index in [0.29, 0.717) is 23.5 Å². The van der Waals surface area contributed by atoms with Crippen LogP contribution in [0.2, 0.25) is 0 Å². The van der Waals surface area contributed by atoms with Gasteiger partial charge in [-0.25, -0.2) is 0 Å². The first-order valence-corrected chi connectivity index (χ1v) is 9.36. The average Bonchev–Trinajstić information content (AvgIpc) is 3.09. The van der Waals surface area contributed by atoms with E-state index in [9.17, 15) is 23.3 Å². The normalized spacial score (nSPS) is 15.7. The first-order chi connectivity index (χ1) is 13.3. The minimum absolute atomic E-state index is 0.0456. The molecular weight excluding hydrogens is 413 g/mol. The lowest BCUT2D eigenvalue weighted by Gasteiger charge is -2.19. The van der Waals surface area contributed by atoms with Gasteiger partial charge in [0.25, 0.3) is 5.69 Å². The number of nitrogens with one attached hydrogen (secondary N) is 1. The lowest BCUT2D eigenvalue weighted by Crippen LogP contribution is -2.26. The summed E-state index contributed by atoms with van der Waals surface area (Å²) in [6.45, 7) is 0.365. The summed E-state index contributed by atoms with van der Waals surface area (Å²) in [5, 5.41) is 14.8. The summed E-state index contributed by atoms with van der Waals surface area (Å²) in [7, 11) is 0. The van der Waals surface area contributed by atoms with Gasteiger partial charge in [0.1, 0.15) is 5.69 Å². The number of thioether (sulfide) groups is 1. The highest BCUT2D eigenvalue weighted by molar-refractivity contribution is 8.14. The molecule has 2 aromatic rings. The molecule has 0 atom stereocenters. The molecule has 1 aliphatic rings. The molecule has 2 aromatic carbocycles. The number of anilines is 2. The molecule has 1 aliphatic heterocycles. The number of benzene rings is 2. The van der Waals surface area contributed by atoms with Gasteiger partial charge in [-0.05, 0) is 36.5 Å². The molecule has 3 rings (SSSR count). The second-order valence-electron chi connectivity index (χ2n) is 5.65. The van der Waals surface area contributed by atoms with Crippen LogP contribution in [0.25, 0.3) is 0 Å². The predicted octanol–water partition coefficient (Wildman–Crippen LogP) is 4.92. The topological polar surface area (TPSA) is 70.8 Å². The van der Waals surface area contributed by atoms with Crippen LogP contribution in [-0.4, -0.2) is 27.5 Å². The second-order valence-corrected chi connectivity index (χ2v) is 7.10. The molecule has 0 unspecified atom stereocenters. The fourth-order valence-electron chi connectivity index (χ4n) is 2.55. The summed E-state index contributed by atoms with van der Waals surface area (Å²) >= 11 is 6.53. The lowest BCUT2D eigenvalue weighted by molar-refractivity contribution is -0.384. The van der Waals surface area contributed by atoms with E-state index in [1.54, 1.807) is 12.1 Å². The molecule has 146 valence electrons. The first-order valence-electron chi connectivity index (χ1n) is 7.96. The Morgan fingerprint density at radius 1 is 1.25 bits per heavy atom. The summed E-state index contributed by atoms with van der Waals surface area (Å²) in [5.74, 6) is 0.574. The van der Waals surface area contributed by atoms with Gasteiger partial charge in [0.15, 0.2) is 10.3 Å². The Morgan fingerprint density at radius 3 is 2.61 bits per heavy atom. The molecule has 0 radical (unpaired) electrons. The highest BCUT2D eigenvalue weighted by Crippen LogP contribution is 2.38. The van der Waals surface area contributed by atoms with Gasteiger partial charge in [-0.15, -0.1) is 0 Å². The Labute approximate surface area is 167 Å². The number of amidine groups is 1. The molecule has 11 heteroatoms. The van der Waals surface area contributed by atoms with E-state index in [2.05, 4.69) is 10.3 Å². The minimum Gasteiger partial charge on any atom is -0.331 e. The predicted molar refractivity (Wildman–Crippen MR) is 108 cm³/mol. The van der Waals surface area contributed by atoms with Crippen LogP contribution in [0.5, 0.6) is 0 Å². The number of nitro groups is 1. The number of thiocarbonyl (C=S) groups is 1. The number of alkyl halides is 3. The number of hydrogen-bond acceptors (Lipinski definition) is 4. The van der Waals surface area contributed by atoms with Crippen LogP contribution in [0.4, 0.5) is 30.2 Å². The van der Waals surface area contributed by atoms with E-state index < -0.39 is 22.4 Å². The third-order valence-electron chi connectivity index (χ3n) is 3.79. The zero-order valence-electron chi connectivity index (χ0n) is 14.1. The van der Waals surface area contributed by atoms with Crippen LogP contribution in [0.1, 0.15) is 5.56 Å². The lowest BCUT2D eigenvalue weighted by atomic mass is 10.1. The van der Waals surface area contributed by atoms with Crippen LogP contribution in [0, 0.1) is 10.1 Å². The number of aliphatic imine (C=N–C) groups is 1. The van der Waals surface area contributed by atoms with Gasteiger partial charge in [-0.2, -0.15) is 18.2 Å². The molecule has 1 N–H and O–H groups in total. The van der Waals surface area contributed by atoms with Crippen LogP contribution in [0.3, 0.4) is 0 Å². The van der Waals surface area contributed by atoms with E-state index in [1.165, 1.54) is 16.7 Å². The Morgan fingerprint density at radius 2 is 1.96 bits per heavy atom. The highest BCUT2D eigenvalue weighted by Gasteiger charge is 2.35. The molecule has 1 heterocycles. The maximum atomic E-state index is 12.9. The van der Waals surface area contributed by atoms with Crippen molar-refractivity contribution in [3.05, 3.63) is 64.2 Å². The van der Waals surface area contributed by atoms with Crippen LogP contribution >= 0.6 is 24.0 Å². The van der Waals surface area contributed by atoms with Gasteiger partial charge in [0.2, 0.25) is 0 Å². The monoisotopic (exact) mass is 426 g/mol. The average molecular weight is 426 g/mol. The largest absolute Gasteiger partial charge is 0.416 e. The third kappa shape index (κ3) is 4.60. The maximum absolute atomic E-state index is 12.9. The Balaban J connectivity index is 1.90. The van der Waals surface area contributed by atoms with Crippen molar-refractivity contribution >= 4 is 51.3 Å². The van der Waals surface area contributed by atoms with E-state index in [4.69, 9.17) is 12.2 Å². The first kappa shape index (κ1) is 20.1. The van der Waals surface area contributed by atoms with Crippen molar-refractivity contribution in [1.82, 2.24) is 0 Å². The zero-order valence-corrected chi connectivity index (χ0v) is 15.8. The van der Waals surface area contributed by atoms with Crippen molar-refractivity contribution in [2.75, 3.05) is 22.5 Å². The molecule has 0 saturated carbocycles. The number of rotatable bonds is 3. The molecule has 1 fully saturated rings. The standard InChI is InChI=1S/C17H13F3N4O2S2/c18-17(19,20)11-6-7-13(14(10-11)24(25)26)23-8-9-28-16(23)22-15(27)21-12-4-2-1-3-5-12/h1-7,10H,8-9H2,(H,21,27). The maximum Gasteiger partial charge on any atom is 0.416 e. The van der Waals surface area contributed by atoms with Crippen molar-refractivity contribution in [3.63, 3.8) is 0 Å². The zero-order chi connectivity index (χ0) is 20.3. The summed E-state index contributed by atoms with van der Waals surface area (Å²) in [6, 6.07) is 11.5. The number of hydrogen-bond donors (Lipinski definition) is 1. The summed E-state index contributed by atoms with van der Waals surface area (Å²) < 4.78 is 38.7. The Bertz CT molecular complexity index is 936. The van der Waals surface area contributed by atoms with E-state index >= 15 is 0 Å². The van der Waals surface area contributed by atoms with E-state index in [1.807, 2.05) is 18.2 Å². The molecule has 28 heavy (non-hydrogen) atoms. The number of halogens is 3. The van der Waals surface area contributed by atoms with Gasteiger partial charge in [0.05, 0.1) is 10.5 Å². The number of nitrogens with zero attached hydrogens (tertiary/aromatic N) is 3. The fraction of sp³-hybridized carbons (Fsp3) is 0.176. The van der Waals surface area contributed by atoms with Gasteiger partial charge in [-0.3, -0.25) is 10.1 Å². The van der Waals surface area contributed by atoms with Crippen LogP contribution < -0.4 is 10.2 Å². The second kappa shape index (κ2) is 8.15. The quantitative estimate of drug-likeness (QED) is 0.427. The van der Waals surface area contributed by atoms with E-state index in [-0.39, 0.29) is 10.8 Å². The molecule has 0 amide bonds. The van der Waals surface area contributed by atoms with Gasteiger partial charge < -0.3 is 10.2 Å². The van der Waals surface area contributed by atoms with Crippen LogP contribution in [-0.2, 0) is 6.18 Å². The Kier molecular flexibility index (Phi) is 5.84.